The van der Waals surface area contributed by atoms with E-state index in [1.54, 1.807) is 18.2 Å². The lowest BCUT2D eigenvalue weighted by Gasteiger charge is -1.95. The number of imidazole rings is 1. The molecule has 7 heteroatoms. The van der Waals surface area contributed by atoms with Crippen LogP contribution in [0.1, 0.15) is 0 Å². The normalized spacial score (nSPS) is 11.3. The van der Waals surface area contributed by atoms with Crippen LogP contribution in [0.25, 0.3) is 16.8 Å². The zero-order valence-electron chi connectivity index (χ0n) is 7.94. The number of nitrogens with one attached hydrogen (secondary N) is 1. The van der Waals surface area contributed by atoms with Gasteiger partial charge in [-0.2, -0.15) is 4.98 Å². The van der Waals surface area contributed by atoms with Gasteiger partial charge in [0.15, 0.2) is 0 Å². The maximum absolute atomic E-state index is 11.7. The number of nitrogens with zero attached hydrogens (tertiary/aromatic N) is 3. The number of halogens is 1. The number of H-pyrrole nitrogens is 1. The Morgan fingerprint density at radius 2 is 2.19 bits per heavy atom. The summed E-state index contributed by atoms with van der Waals surface area (Å²) in [7, 11) is 0. The Morgan fingerprint density at radius 3 is 3.00 bits per heavy atom. The van der Waals surface area contributed by atoms with Crippen LogP contribution in [0.3, 0.4) is 0 Å². The largest absolute Gasteiger partial charge is 0.369 e. The van der Waals surface area contributed by atoms with E-state index in [0.717, 1.165) is 0 Å². The van der Waals surface area contributed by atoms with Crippen LogP contribution < -0.4 is 11.4 Å². The summed E-state index contributed by atoms with van der Waals surface area (Å²) >= 11 is 5.86. The van der Waals surface area contributed by atoms with Gasteiger partial charge in [0.25, 0.3) is 0 Å². The zero-order valence-corrected chi connectivity index (χ0v) is 8.69. The van der Waals surface area contributed by atoms with Crippen molar-refractivity contribution in [3.05, 3.63) is 33.7 Å². The highest BCUT2D eigenvalue weighted by molar-refractivity contribution is 6.31. The third-order valence-electron chi connectivity index (χ3n) is 2.26. The van der Waals surface area contributed by atoms with Gasteiger partial charge >= 0.3 is 5.69 Å². The van der Waals surface area contributed by atoms with Gasteiger partial charge in [-0.3, -0.25) is 4.98 Å². The molecule has 80 valence electrons. The molecule has 6 nitrogen and oxygen atoms in total. The van der Waals surface area contributed by atoms with E-state index in [4.69, 9.17) is 17.3 Å². The molecular formula is C9H6ClN5O. The van der Waals surface area contributed by atoms with E-state index in [9.17, 15) is 4.79 Å². The van der Waals surface area contributed by atoms with Gasteiger partial charge in [-0.1, -0.05) is 11.6 Å². The number of aromatic nitrogens is 4. The summed E-state index contributed by atoms with van der Waals surface area (Å²) in [4.78, 5) is 22.2. The lowest BCUT2D eigenvalue weighted by molar-refractivity contribution is 0.976. The minimum Gasteiger partial charge on any atom is -0.369 e. The Hall–Kier alpha value is -2.08. The highest BCUT2D eigenvalue weighted by atomic mass is 35.5. The fraction of sp³-hybridized carbons (Fsp3) is 0. The number of aromatic amines is 1. The van der Waals surface area contributed by atoms with E-state index in [1.165, 1.54) is 4.40 Å². The maximum Gasteiger partial charge on any atom is 0.335 e. The van der Waals surface area contributed by atoms with Gasteiger partial charge in [0, 0.05) is 5.02 Å². The number of rotatable bonds is 0. The second-order valence-corrected chi connectivity index (χ2v) is 3.74. The molecule has 0 aliphatic heterocycles. The van der Waals surface area contributed by atoms with Gasteiger partial charge in [-0.05, 0) is 18.2 Å². The number of benzene rings is 1. The smallest absolute Gasteiger partial charge is 0.335 e. The number of nitrogens with two attached hydrogens (primary N) is 1. The summed E-state index contributed by atoms with van der Waals surface area (Å²) < 4.78 is 1.33. The average Bonchev–Trinajstić information content (AvgIpc) is 2.54. The van der Waals surface area contributed by atoms with Crippen LogP contribution >= 0.6 is 11.6 Å². The van der Waals surface area contributed by atoms with Gasteiger partial charge in [0.1, 0.15) is 0 Å². The Kier molecular flexibility index (Phi) is 1.69. The summed E-state index contributed by atoms with van der Waals surface area (Å²) in [6.45, 7) is 0. The van der Waals surface area contributed by atoms with Crippen molar-refractivity contribution in [3.63, 3.8) is 0 Å². The van der Waals surface area contributed by atoms with Crippen molar-refractivity contribution in [1.29, 1.82) is 0 Å². The Morgan fingerprint density at radius 1 is 1.38 bits per heavy atom. The summed E-state index contributed by atoms with van der Waals surface area (Å²) in [5.41, 5.74) is 6.30. The molecule has 0 saturated heterocycles. The first-order chi connectivity index (χ1) is 7.65. The second kappa shape index (κ2) is 2.96. The molecule has 0 radical (unpaired) electrons. The summed E-state index contributed by atoms with van der Waals surface area (Å²) in [6.07, 6.45) is 0. The molecule has 0 atom stereocenters. The molecule has 16 heavy (non-hydrogen) atoms. The van der Waals surface area contributed by atoms with Crippen molar-refractivity contribution in [2.75, 3.05) is 5.73 Å². The Bertz CT molecular complexity index is 760. The standard InChI is InChI=1S/C9H6ClN5O/c10-4-1-2-5-6(3-4)15-8(12-5)13-7(11)14-9(15)16/h1-3H,(H3,11,12,13,14,16). The predicted octanol–water partition coefficient (Wildman–Crippen LogP) is 0.806. The van der Waals surface area contributed by atoms with Gasteiger partial charge in [-0.15, -0.1) is 0 Å². The van der Waals surface area contributed by atoms with Crippen molar-refractivity contribution in [2.24, 2.45) is 0 Å². The summed E-state index contributed by atoms with van der Waals surface area (Å²) in [5, 5.41) is 0.533. The van der Waals surface area contributed by atoms with E-state index in [2.05, 4.69) is 15.0 Å². The number of hydrogen-bond acceptors (Lipinski definition) is 4. The molecule has 3 aromatic rings. The van der Waals surface area contributed by atoms with Crippen molar-refractivity contribution >= 4 is 34.4 Å². The maximum atomic E-state index is 11.7. The van der Waals surface area contributed by atoms with Crippen molar-refractivity contribution in [3.8, 4) is 0 Å². The molecule has 3 N–H and O–H groups in total. The quantitative estimate of drug-likeness (QED) is 0.603. The molecule has 3 rings (SSSR count). The lowest BCUT2D eigenvalue weighted by atomic mass is 10.3. The molecular weight excluding hydrogens is 230 g/mol. The fourth-order valence-corrected chi connectivity index (χ4v) is 1.78. The monoisotopic (exact) mass is 235 g/mol. The number of anilines is 1. The first kappa shape index (κ1) is 9.17. The minimum absolute atomic E-state index is 0.0407. The highest BCUT2D eigenvalue weighted by Crippen LogP contribution is 2.18. The van der Waals surface area contributed by atoms with Crippen LogP contribution in [0.15, 0.2) is 23.0 Å². The van der Waals surface area contributed by atoms with E-state index in [-0.39, 0.29) is 17.4 Å². The third kappa shape index (κ3) is 1.17. The minimum atomic E-state index is -0.382. The molecule has 0 saturated carbocycles. The SMILES string of the molecule is Nc1nc2nc3ccc(Cl)cc3n2c(=O)[nH]1. The number of fused-ring (bicyclic) bond motifs is 3. The van der Waals surface area contributed by atoms with Crippen LogP contribution in [0.4, 0.5) is 5.95 Å². The van der Waals surface area contributed by atoms with Gasteiger partial charge in [-0.25, -0.2) is 14.2 Å². The zero-order chi connectivity index (χ0) is 11.3. The molecule has 0 bridgehead atoms. The molecule has 1 aromatic carbocycles. The van der Waals surface area contributed by atoms with Crippen molar-refractivity contribution in [1.82, 2.24) is 19.4 Å². The number of hydrogen-bond donors (Lipinski definition) is 2. The molecule has 0 unspecified atom stereocenters. The van der Waals surface area contributed by atoms with Crippen LogP contribution in [0, 0.1) is 0 Å². The van der Waals surface area contributed by atoms with Gasteiger partial charge < -0.3 is 5.73 Å². The van der Waals surface area contributed by atoms with Crippen LogP contribution in [-0.4, -0.2) is 19.4 Å². The molecule has 0 spiro atoms. The molecule has 2 heterocycles. The van der Waals surface area contributed by atoms with E-state index in [0.29, 0.717) is 16.1 Å². The fourth-order valence-electron chi connectivity index (χ4n) is 1.61. The van der Waals surface area contributed by atoms with E-state index in [1.807, 2.05) is 0 Å². The van der Waals surface area contributed by atoms with Gasteiger partial charge in [0.2, 0.25) is 11.7 Å². The first-order valence-corrected chi connectivity index (χ1v) is 4.86. The van der Waals surface area contributed by atoms with Gasteiger partial charge in [0.05, 0.1) is 11.0 Å². The van der Waals surface area contributed by atoms with Crippen molar-refractivity contribution < 1.29 is 0 Å². The van der Waals surface area contributed by atoms with Crippen molar-refractivity contribution in [2.45, 2.75) is 0 Å². The summed E-state index contributed by atoms with van der Waals surface area (Å²) in [6, 6.07) is 5.08. The predicted molar refractivity (Wildman–Crippen MR) is 60.5 cm³/mol. The van der Waals surface area contributed by atoms with Crippen LogP contribution in [-0.2, 0) is 0 Å². The second-order valence-electron chi connectivity index (χ2n) is 3.31. The Labute approximate surface area is 93.7 Å². The topological polar surface area (TPSA) is 89.1 Å². The highest BCUT2D eigenvalue weighted by Gasteiger charge is 2.09. The van der Waals surface area contributed by atoms with E-state index >= 15 is 0 Å². The van der Waals surface area contributed by atoms with Crippen LogP contribution in [0.2, 0.25) is 5.02 Å². The third-order valence-corrected chi connectivity index (χ3v) is 2.49. The average molecular weight is 236 g/mol. The number of nitrogen functional groups attached to an aromatic ring is 1. The summed E-state index contributed by atoms with van der Waals surface area (Å²) in [5.74, 6) is 0.303. The van der Waals surface area contributed by atoms with Crippen LogP contribution in [0.5, 0.6) is 0 Å². The molecule has 0 amide bonds. The van der Waals surface area contributed by atoms with E-state index < -0.39 is 0 Å². The molecule has 0 aliphatic carbocycles. The Balaban J connectivity index is 2.63. The molecule has 0 aliphatic rings. The molecule has 2 aromatic heterocycles. The molecule has 0 fully saturated rings. The first-order valence-electron chi connectivity index (χ1n) is 4.49. The lowest BCUT2D eigenvalue weighted by Crippen LogP contribution is -2.19.